The molecule has 0 unspecified atom stereocenters. The number of pyridine rings is 1. The maximum atomic E-state index is 13.0. The van der Waals surface area contributed by atoms with Gasteiger partial charge in [0.2, 0.25) is 10.0 Å². The lowest BCUT2D eigenvalue weighted by Crippen LogP contribution is -2.34. The zero-order chi connectivity index (χ0) is 14.3. The highest BCUT2D eigenvalue weighted by Gasteiger charge is 2.23. The van der Waals surface area contributed by atoms with Gasteiger partial charge in [-0.3, -0.25) is 4.98 Å². The van der Waals surface area contributed by atoms with Gasteiger partial charge in [-0.1, -0.05) is 6.92 Å². The van der Waals surface area contributed by atoms with Crippen molar-refractivity contribution in [3.63, 3.8) is 0 Å². The molecular formula is C11H16ClFN2O3S. The van der Waals surface area contributed by atoms with E-state index in [0.717, 1.165) is 18.5 Å². The van der Waals surface area contributed by atoms with Crippen LogP contribution in [0.5, 0.6) is 0 Å². The number of ether oxygens (including phenoxy) is 1. The molecule has 0 saturated heterocycles. The van der Waals surface area contributed by atoms with Crippen molar-refractivity contribution in [2.75, 3.05) is 32.2 Å². The first kappa shape index (κ1) is 16.3. The largest absolute Gasteiger partial charge is 0.379 e. The fourth-order valence-corrected chi connectivity index (χ4v) is 2.97. The van der Waals surface area contributed by atoms with E-state index in [-0.39, 0.29) is 24.6 Å². The second kappa shape index (κ2) is 7.74. The first-order chi connectivity index (χ1) is 9.02. The third-order valence-electron chi connectivity index (χ3n) is 2.38. The van der Waals surface area contributed by atoms with Gasteiger partial charge in [0.25, 0.3) is 0 Å². The molecule has 5 nitrogen and oxygen atoms in total. The third kappa shape index (κ3) is 4.68. The zero-order valence-electron chi connectivity index (χ0n) is 10.6. The number of sulfonamides is 1. The highest BCUT2D eigenvalue weighted by molar-refractivity contribution is 7.89. The van der Waals surface area contributed by atoms with Gasteiger partial charge in [-0.05, 0) is 6.07 Å². The predicted octanol–water partition coefficient (Wildman–Crippen LogP) is 1.49. The lowest BCUT2D eigenvalue weighted by atomic mass is 10.5. The Bertz CT molecular complexity index is 498. The summed E-state index contributed by atoms with van der Waals surface area (Å²) in [6.45, 7) is 2.75. The Hall–Kier alpha value is -0.760. The van der Waals surface area contributed by atoms with Crippen molar-refractivity contribution in [3.8, 4) is 0 Å². The molecule has 0 aliphatic heterocycles. The summed E-state index contributed by atoms with van der Waals surface area (Å²) >= 11 is 5.45. The molecule has 0 fully saturated rings. The van der Waals surface area contributed by atoms with Crippen LogP contribution in [0.25, 0.3) is 0 Å². The fourth-order valence-electron chi connectivity index (χ4n) is 1.45. The molecule has 1 aromatic rings. The van der Waals surface area contributed by atoms with Crippen LogP contribution < -0.4 is 0 Å². The van der Waals surface area contributed by atoms with Crippen LogP contribution >= 0.6 is 11.6 Å². The topological polar surface area (TPSA) is 59.5 Å². The van der Waals surface area contributed by atoms with Gasteiger partial charge in [0.15, 0.2) is 0 Å². The van der Waals surface area contributed by atoms with Crippen molar-refractivity contribution < 1.29 is 17.5 Å². The average Bonchev–Trinajstić information content (AvgIpc) is 2.38. The van der Waals surface area contributed by atoms with E-state index < -0.39 is 15.8 Å². The standard InChI is InChI=1S/C11H16ClFN2O3S/c1-2-15(4-6-18-5-3-12)19(16,17)11-7-10(13)8-14-9-11/h7-9H,2-6H2,1H3. The van der Waals surface area contributed by atoms with E-state index in [1.54, 1.807) is 6.92 Å². The van der Waals surface area contributed by atoms with Crippen LogP contribution in [0, 0.1) is 5.82 Å². The van der Waals surface area contributed by atoms with Gasteiger partial charge in [0.1, 0.15) is 10.7 Å². The molecule has 0 aliphatic carbocycles. The molecule has 8 heteroatoms. The van der Waals surface area contributed by atoms with Gasteiger partial charge >= 0.3 is 0 Å². The number of hydrogen-bond acceptors (Lipinski definition) is 4. The molecule has 0 radical (unpaired) electrons. The minimum atomic E-state index is -3.74. The van der Waals surface area contributed by atoms with Gasteiger partial charge in [-0.25, -0.2) is 12.8 Å². The summed E-state index contributed by atoms with van der Waals surface area (Å²) in [7, 11) is -3.74. The normalized spacial score (nSPS) is 12.0. The zero-order valence-corrected chi connectivity index (χ0v) is 12.1. The Morgan fingerprint density at radius 3 is 2.74 bits per heavy atom. The predicted molar refractivity (Wildman–Crippen MR) is 70.2 cm³/mol. The van der Waals surface area contributed by atoms with E-state index in [4.69, 9.17) is 16.3 Å². The third-order valence-corrected chi connectivity index (χ3v) is 4.47. The summed E-state index contributed by atoms with van der Waals surface area (Å²) in [5.74, 6) is -0.331. The van der Waals surface area contributed by atoms with Crippen LogP contribution in [-0.4, -0.2) is 49.9 Å². The summed E-state index contributed by atoms with van der Waals surface area (Å²) in [4.78, 5) is 3.39. The van der Waals surface area contributed by atoms with Crippen molar-refractivity contribution in [2.45, 2.75) is 11.8 Å². The van der Waals surface area contributed by atoms with Crippen molar-refractivity contribution in [2.24, 2.45) is 0 Å². The number of hydrogen-bond donors (Lipinski definition) is 0. The first-order valence-electron chi connectivity index (χ1n) is 5.76. The van der Waals surface area contributed by atoms with Crippen molar-refractivity contribution in [3.05, 3.63) is 24.3 Å². The molecule has 0 amide bonds. The number of nitrogens with zero attached hydrogens (tertiary/aromatic N) is 2. The van der Waals surface area contributed by atoms with Gasteiger partial charge in [0.05, 0.1) is 19.4 Å². The monoisotopic (exact) mass is 310 g/mol. The molecule has 0 aliphatic rings. The second-order valence-electron chi connectivity index (χ2n) is 3.64. The van der Waals surface area contributed by atoms with Gasteiger partial charge < -0.3 is 4.74 Å². The van der Waals surface area contributed by atoms with Crippen LogP contribution in [0.15, 0.2) is 23.4 Å². The highest BCUT2D eigenvalue weighted by atomic mass is 35.5. The molecular weight excluding hydrogens is 295 g/mol. The Labute approximate surface area is 117 Å². The molecule has 0 saturated carbocycles. The van der Waals surface area contributed by atoms with Crippen molar-refractivity contribution >= 4 is 21.6 Å². The molecule has 0 aromatic carbocycles. The van der Waals surface area contributed by atoms with E-state index in [9.17, 15) is 12.8 Å². The van der Waals surface area contributed by atoms with Crippen LogP contribution in [0.4, 0.5) is 4.39 Å². The van der Waals surface area contributed by atoms with Gasteiger partial charge in [-0.15, -0.1) is 11.6 Å². The Kier molecular flexibility index (Phi) is 6.64. The first-order valence-corrected chi connectivity index (χ1v) is 7.74. The molecule has 0 N–H and O–H groups in total. The summed E-state index contributed by atoms with van der Waals surface area (Å²) in [6, 6.07) is 0.949. The molecule has 19 heavy (non-hydrogen) atoms. The van der Waals surface area contributed by atoms with Crippen molar-refractivity contribution in [1.82, 2.24) is 9.29 Å². The van der Waals surface area contributed by atoms with E-state index in [2.05, 4.69) is 4.98 Å². The van der Waals surface area contributed by atoms with Crippen LogP contribution in [0.1, 0.15) is 6.92 Å². The molecule has 1 rings (SSSR count). The summed E-state index contributed by atoms with van der Waals surface area (Å²) < 4.78 is 43.8. The number of likely N-dealkylation sites (N-methyl/N-ethyl adjacent to an activating group) is 1. The summed E-state index contributed by atoms with van der Waals surface area (Å²) in [5, 5.41) is 0. The lowest BCUT2D eigenvalue weighted by Gasteiger charge is -2.20. The minimum Gasteiger partial charge on any atom is -0.379 e. The van der Waals surface area contributed by atoms with E-state index in [1.165, 1.54) is 4.31 Å². The molecule has 0 spiro atoms. The van der Waals surface area contributed by atoms with Crippen molar-refractivity contribution in [1.29, 1.82) is 0 Å². The lowest BCUT2D eigenvalue weighted by molar-refractivity contribution is 0.137. The number of rotatable bonds is 8. The summed E-state index contributed by atoms with van der Waals surface area (Å²) in [5.41, 5.74) is 0. The number of alkyl halides is 1. The Morgan fingerprint density at radius 1 is 1.42 bits per heavy atom. The highest BCUT2D eigenvalue weighted by Crippen LogP contribution is 2.15. The molecule has 1 aromatic heterocycles. The maximum Gasteiger partial charge on any atom is 0.244 e. The molecule has 108 valence electrons. The fraction of sp³-hybridized carbons (Fsp3) is 0.545. The maximum absolute atomic E-state index is 13.0. The van der Waals surface area contributed by atoms with Crippen LogP contribution in [-0.2, 0) is 14.8 Å². The minimum absolute atomic E-state index is 0.160. The molecule has 0 atom stereocenters. The van der Waals surface area contributed by atoms with E-state index >= 15 is 0 Å². The second-order valence-corrected chi connectivity index (χ2v) is 5.95. The number of aromatic nitrogens is 1. The Balaban J connectivity index is 2.78. The number of halogens is 2. The summed E-state index contributed by atoms with van der Waals surface area (Å²) in [6.07, 6.45) is 2.08. The molecule has 0 bridgehead atoms. The Morgan fingerprint density at radius 2 is 2.16 bits per heavy atom. The van der Waals surface area contributed by atoms with Crippen LogP contribution in [0.2, 0.25) is 0 Å². The van der Waals surface area contributed by atoms with Gasteiger partial charge in [0, 0.05) is 25.2 Å². The van der Waals surface area contributed by atoms with Gasteiger partial charge in [-0.2, -0.15) is 4.31 Å². The average molecular weight is 311 g/mol. The van der Waals surface area contributed by atoms with E-state index in [1.807, 2.05) is 0 Å². The quantitative estimate of drug-likeness (QED) is 0.539. The smallest absolute Gasteiger partial charge is 0.244 e. The van der Waals surface area contributed by atoms with Crippen LogP contribution in [0.3, 0.4) is 0 Å². The molecule has 1 heterocycles. The SMILES string of the molecule is CCN(CCOCCCl)S(=O)(=O)c1cncc(F)c1. The van der Waals surface area contributed by atoms with E-state index in [0.29, 0.717) is 12.5 Å².